The number of benzene rings is 2. The average Bonchev–Trinajstić information content (AvgIpc) is 3.56. The van der Waals surface area contributed by atoms with Crippen molar-refractivity contribution in [1.82, 2.24) is 14.4 Å². The summed E-state index contributed by atoms with van der Waals surface area (Å²) in [6.45, 7) is 3.16. The number of carbonyl (C=O) groups is 4. The van der Waals surface area contributed by atoms with Gasteiger partial charge in [0.1, 0.15) is 13.1 Å². The number of nitrogens with zero attached hydrogens (tertiary/aromatic N) is 3. The van der Waals surface area contributed by atoms with E-state index in [1.54, 1.807) is 11.0 Å². The molecule has 2 aliphatic heterocycles. The van der Waals surface area contributed by atoms with Gasteiger partial charge in [-0.05, 0) is 61.4 Å². The maximum atomic E-state index is 13.0. The van der Waals surface area contributed by atoms with Crippen LogP contribution in [-0.2, 0) is 20.9 Å². The van der Waals surface area contributed by atoms with E-state index in [-0.39, 0.29) is 29.8 Å². The Labute approximate surface area is 212 Å². The summed E-state index contributed by atoms with van der Waals surface area (Å²) in [4.78, 5) is 53.8. The number of carbonyl (C=O) groups excluding carboxylic acids is 4. The van der Waals surface area contributed by atoms with Gasteiger partial charge in [-0.3, -0.25) is 24.1 Å². The molecule has 0 bridgehead atoms. The first-order valence-corrected chi connectivity index (χ1v) is 12.7. The Balaban J connectivity index is 1.36. The van der Waals surface area contributed by atoms with Gasteiger partial charge in [-0.2, -0.15) is 0 Å². The van der Waals surface area contributed by atoms with Gasteiger partial charge < -0.3 is 14.8 Å². The van der Waals surface area contributed by atoms with E-state index in [1.807, 2.05) is 66.2 Å². The predicted molar refractivity (Wildman–Crippen MR) is 140 cm³/mol. The van der Waals surface area contributed by atoms with Crippen molar-refractivity contribution in [2.24, 2.45) is 0 Å². The zero-order chi connectivity index (χ0) is 25.2. The van der Waals surface area contributed by atoms with Crippen molar-refractivity contribution in [2.45, 2.75) is 26.3 Å². The van der Waals surface area contributed by atoms with Gasteiger partial charge in [-0.15, -0.1) is 0 Å². The van der Waals surface area contributed by atoms with E-state index in [0.717, 1.165) is 57.2 Å². The molecule has 184 valence electrons. The lowest BCUT2D eigenvalue weighted by atomic mass is 10.1. The smallest absolute Gasteiger partial charge is 0.294 e. The Morgan fingerprint density at radius 1 is 1.03 bits per heavy atom. The number of aromatic nitrogens is 1. The Morgan fingerprint density at radius 2 is 1.81 bits per heavy atom. The highest BCUT2D eigenvalue weighted by atomic mass is 32.2. The lowest BCUT2D eigenvalue weighted by molar-refractivity contribution is -0.135. The minimum Gasteiger partial charge on any atom is -0.341 e. The number of nitrogens with one attached hydrogen (secondary N) is 1. The molecule has 8 nitrogen and oxygen atoms in total. The van der Waals surface area contributed by atoms with Crippen molar-refractivity contribution in [3.05, 3.63) is 70.8 Å². The molecule has 4 amide bonds. The minimum atomic E-state index is -0.466. The normalized spacial score (nSPS) is 17.0. The van der Waals surface area contributed by atoms with E-state index < -0.39 is 11.1 Å². The Morgan fingerprint density at radius 3 is 2.58 bits per heavy atom. The summed E-state index contributed by atoms with van der Waals surface area (Å²) in [7, 11) is 0. The first-order valence-electron chi connectivity index (χ1n) is 11.9. The zero-order valence-corrected chi connectivity index (χ0v) is 20.7. The van der Waals surface area contributed by atoms with Gasteiger partial charge in [0.2, 0.25) is 11.8 Å². The van der Waals surface area contributed by atoms with Gasteiger partial charge in [0.25, 0.3) is 11.1 Å². The summed E-state index contributed by atoms with van der Waals surface area (Å²) < 4.78 is 1.83. The van der Waals surface area contributed by atoms with Crippen molar-refractivity contribution < 1.29 is 19.2 Å². The van der Waals surface area contributed by atoms with Crippen LogP contribution in [0.1, 0.15) is 24.0 Å². The molecular weight excluding hydrogens is 476 g/mol. The number of rotatable bonds is 6. The van der Waals surface area contributed by atoms with E-state index in [4.69, 9.17) is 0 Å². The molecule has 3 aromatic rings. The molecule has 36 heavy (non-hydrogen) atoms. The van der Waals surface area contributed by atoms with Crippen LogP contribution in [0.3, 0.4) is 0 Å². The average molecular weight is 503 g/mol. The molecule has 2 aromatic carbocycles. The number of hydrogen-bond acceptors (Lipinski definition) is 5. The molecule has 0 saturated carbocycles. The standard InChI is InChI=1S/C27H26N4O4S/c1-18-7-6-8-20(13-18)28-24(32)16-30-15-19(21-9-2-3-10-22(21)30)14-23-26(34)31(27(35)36-23)17-25(33)29-11-4-5-12-29/h2-3,6-10,13-15H,4-5,11-12,16-17H2,1H3,(H,28,32)/b23-14+. The number of aryl methyl sites for hydroxylation is 1. The first-order chi connectivity index (χ1) is 17.4. The third-order valence-corrected chi connectivity index (χ3v) is 7.25. The van der Waals surface area contributed by atoms with Crippen LogP contribution in [-0.4, -0.2) is 57.0 Å². The highest BCUT2D eigenvalue weighted by Crippen LogP contribution is 2.34. The maximum absolute atomic E-state index is 13.0. The molecule has 9 heteroatoms. The SMILES string of the molecule is Cc1cccc(NC(=O)Cn2cc(/C=C3/SC(=O)N(CC(=O)N4CCCC4)C3=O)c3ccccc32)c1. The second-order valence-electron chi connectivity index (χ2n) is 9.00. The summed E-state index contributed by atoms with van der Waals surface area (Å²) in [6.07, 6.45) is 5.37. The molecular formula is C27H26N4O4S. The molecule has 3 heterocycles. The van der Waals surface area contributed by atoms with E-state index in [9.17, 15) is 19.2 Å². The van der Waals surface area contributed by atoms with Crippen LogP contribution < -0.4 is 5.32 Å². The summed E-state index contributed by atoms with van der Waals surface area (Å²) in [5.41, 5.74) is 3.35. The van der Waals surface area contributed by atoms with E-state index in [1.165, 1.54) is 0 Å². The molecule has 0 aliphatic carbocycles. The number of thioether (sulfide) groups is 1. The van der Waals surface area contributed by atoms with Gasteiger partial charge in [0.05, 0.1) is 4.91 Å². The van der Waals surface area contributed by atoms with Crippen LogP contribution in [0.15, 0.2) is 59.6 Å². The summed E-state index contributed by atoms with van der Waals surface area (Å²) in [6, 6.07) is 15.2. The van der Waals surface area contributed by atoms with Gasteiger partial charge in [0.15, 0.2) is 0 Å². The van der Waals surface area contributed by atoms with Crippen molar-refractivity contribution in [2.75, 3.05) is 25.0 Å². The number of likely N-dealkylation sites (tertiary alicyclic amines) is 1. The fourth-order valence-corrected chi connectivity index (χ4v) is 5.41. The maximum Gasteiger partial charge on any atom is 0.294 e. The number of amides is 4. The van der Waals surface area contributed by atoms with Crippen LogP contribution in [0.4, 0.5) is 10.5 Å². The van der Waals surface area contributed by atoms with Crippen LogP contribution in [0, 0.1) is 6.92 Å². The zero-order valence-electron chi connectivity index (χ0n) is 19.9. The lowest BCUT2D eigenvalue weighted by Crippen LogP contribution is -2.40. The number of anilines is 1. The molecule has 0 atom stereocenters. The second kappa shape index (κ2) is 10.0. The Hall–Kier alpha value is -3.85. The number of hydrogen-bond donors (Lipinski definition) is 1. The first kappa shape index (κ1) is 23.9. The monoisotopic (exact) mass is 502 g/mol. The number of para-hydroxylation sites is 1. The van der Waals surface area contributed by atoms with Crippen LogP contribution >= 0.6 is 11.8 Å². The third kappa shape index (κ3) is 4.92. The van der Waals surface area contributed by atoms with Gasteiger partial charge in [-0.25, -0.2) is 0 Å². The lowest BCUT2D eigenvalue weighted by Gasteiger charge is -2.18. The number of fused-ring (bicyclic) bond motifs is 1. The van der Waals surface area contributed by atoms with Gasteiger partial charge in [0, 0.05) is 41.4 Å². The minimum absolute atomic E-state index is 0.0914. The van der Waals surface area contributed by atoms with E-state index in [2.05, 4.69) is 5.32 Å². The largest absolute Gasteiger partial charge is 0.341 e. The molecule has 2 fully saturated rings. The molecule has 0 spiro atoms. The third-order valence-electron chi connectivity index (χ3n) is 6.35. The van der Waals surface area contributed by atoms with Crippen molar-refractivity contribution in [3.63, 3.8) is 0 Å². The molecule has 2 saturated heterocycles. The van der Waals surface area contributed by atoms with Crippen LogP contribution in [0.2, 0.25) is 0 Å². The summed E-state index contributed by atoms with van der Waals surface area (Å²) in [5.74, 6) is -0.840. The fraction of sp³-hybridized carbons (Fsp3) is 0.259. The van der Waals surface area contributed by atoms with Gasteiger partial charge in [-0.1, -0.05) is 30.3 Å². The molecule has 1 aromatic heterocycles. The predicted octanol–water partition coefficient (Wildman–Crippen LogP) is 4.25. The van der Waals surface area contributed by atoms with E-state index >= 15 is 0 Å². The highest BCUT2D eigenvalue weighted by molar-refractivity contribution is 8.18. The van der Waals surface area contributed by atoms with Crippen molar-refractivity contribution in [1.29, 1.82) is 0 Å². The number of imide groups is 1. The summed E-state index contributed by atoms with van der Waals surface area (Å²) in [5, 5.41) is 3.34. The van der Waals surface area contributed by atoms with Crippen LogP contribution in [0.25, 0.3) is 17.0 Å². The molecule has 0 radical (unpaired) electrons. The summed E-state index contributed by atoms with van der Waals surface area (Å²) >= 11 is 0.835. The Kier molecular flexibility index (Phi) is 6.65. The quantitative estimate of drug-likeness (QED) is 0.509. The Bertz CT molecular complexity index is 1400. The van der Waals surface area contributed by atoms with Crippen molar-refractivity contribution >= 4 is 57.4 Å². The fourth-order valence-electron chi connectivity index (χ4n) is 4.58. The van der Waals surface area contributed by atoms with Crippen molar-refractivity contribution in [3.8, 4) is 0 Å². The molecule has 0 unspecified atom stereocenters. The second-order valence-corrected chi connectivity index (χ2v) is 10.00. The highest BCUT2D eigenvalue weighted by Gasteiger charge is 2.37. The van der Waals surface area contributed by atoms with E-state index in [0.29, 0.717) is 13.1 Å². The molecule has 1 N–H and O–H groups in total. The molecule has 5 rings (SSSR count). The van der Waals surface area contributed by atoms with Crippen LogP contribution in [0.5, 0.6) is 0 Å². The topological polar surface area (TPSA) is 91.7 Å². The van der Waals surface area contributed by atoms with Gasteiger partial charge >= 0.3 is 0 Å². The molecule has 2 aliphatic rings.